The predicted octanol–water partition coefficient (Wildman–Crippen LogP) is 1.70. The summed E-state index contributed by atoms with van der Waals surface area (Å²) in [4.78, 5) is 4.98. The van der Waals surface area contributed by atoms with Crippen LogP contribution < -0.4 is 4.74 Å². The Morgan fingerprint density at radius 2 is 1.65 bits per heavy atom. The molecular formula is C14H22N2O. The van der Waals surface area contributed by atoms with Crippen LogP contribution in [0.25, 0.3) is 0 Å². The van der Waals surface area contributed by atoms with Crippen molar-refractivity contribution in [2.75, 3.05) is 45.9 Å². The van der Waals surface area contributed by atoms with Gasteiger partial charge in [0.05, 0.1) is 0 Å². The average Bonchev–Trinajstić information content (AvgIpc) is 2.41. The standard InChI is InChI=1S/C14H22N2O/c1-2-15-8-10-16(11-9-15)12-13-17-14-6-4-3-5-7-14/h3-7H,2,8-13H2,1H3. The number of para-hydroxylation sites is 1. The van der Waals surface area contributed by atoms with Crippen LogP contribution >= 0.6 is 0 Å². The first kappa shape index (κ1) is 12.4. The van der Waals surface area contributed by atoms with E-state index in [0.717, 1.165) is 18.9 Å². The Bertz CT molecular complexity index is 307. The molecule has 0 atom stereocenters. The van der Waals surface area contributed by atoms with Crippen LogP contribution in [0.1, 0.15) is 6.92 Å². The van der Waals surface area contributed by atoms with E-state index in [-0.39, 0.29) is 0 Å². The van der Waals surface area contributed by atoms with Crippen molar-refractivity contribution in [1.82, 2.24) is 9.80 Å². The highest BCUT2D eigenvalue weighted by atomic mass is 16.5. The lowest BCUT2D eigenvalue weighted by molar-refractivity contribution is 0.121. The summed E-state index contributed by atoms with van der Waals surface area (Å²) < 4.78 is 5.71. The molecule has 3 heteroatoms. The number of ether oxygens (including phenoxy) is 1. The van der Waals surface area contributed by atoms with Gasteiger partial charge in [-0.05, 0) is 18.7 Å². The summed E-state index contributed by atoms with van der Waals surface area (Å²) in [5.41, 5.74) is 0. The molecule has 1 saturated heterocycles. The zero-order chi connectivity index (χ0) is 11.9. The summed E-state index contributed by atoms with van der Waals surface area (Å²) in [7, 11) is 0. The number of nitrogens with zero attached hydrogens (tertiary/aromatic N) is 2. The molecule has 1 heterocycles. The van der Waals surface area contributed by atoms with Crippen molar-refractivity contribution >= 4 is 0 Å². The highest BCUT2D eigenvalue weighted by Gasteiger charge is 2.14. The van der Waals surface area contributed by atoms with Crippen LogP contribution in [0.3, 0.4) is 0 Å². The van der Waals surface area contributed by atoms with Crippen LogP contribution in [-0.2, 0) is 0 Å². The minimum absolute atomic E-state index is 0.788. The molecule has 0 unspecified atom stereocenters. The van der Waals surface area contributed by atoms with Crippen molar-refractivity contribution in [2.24, 2.45) is 0 Å². The van der Waals surface area contributed by atoms with E-state index in [1.165, 1.54) is 32.7 Å². The molecule has 1 fully saturated rings. The molecule has 0 N–H and O–H groups in total. The van der Waals surface area contributed by atoms with Gasteiger partial charge in [-0.15, -0.1) is 0 Å². The van der Waals surface area contributed by atoms with Crippen molar-refractivity contribution in [3.8, 4) is 5.75 Å². The molecule has 94 valence electrons. The van der Waals surface area contributed by atoms with Crippen molar-refractivity contribution < 1.29 is 4.74 Å². The third-order valence-electron chi connectivity index (χ3n) is 3.33. The van der Waals surface area contributed by atoms with Crippen molar-refractivity contribution in [3.05, 3.63) is 30.3 Å². The molecule has 1 aromatic rings. The van der Waals surface area contributed by atoms with Crippen molar-refractivity contribution in [2.45, 2.75) is 6.92 Å². The van der Waals surface area contributed by atoms with Gasteiger partial charge in [-0.25, -0.2) is 0 Å². The third kappa shape index (κ3) is 4.02. The van der Waals surface area contributed by atoms with Crippen LogP contribution in [0.2, 0.25) is 0 Å². The summed E-state index contributed by atoms with van der Waals surface area (Å²) in [6.07, 6.45) is 0. The summed E-state index contributed by atoms with van der Waals surface area (Å²) in [6, 6.07) is 10.0. The molecule has 0 bridgehead atoms. The van der Waals surface area contributed by atoms with E-state index in [9.17, 15) is 0 Å². The van der Waals surface area contributed by atoms with Crippen molar-refractivity contribution in [1.29, 1.82) is 0 Å². The Morgan fingerprint density at radius 3 is 2.29 bits per heavy atom. The number of hydrogen-bond donors (Lipinski definition) is 0. The lowest BCUT2D eigenvalue weighted by Crippen LogP contribution is -2.47. The van der Waals surface area contributed by atoms with Crippen molar-refractivity contribution in [3.63, 3.8) is 0 Å². The predicted molar refractivity (Wildman–Crippen MR) is 70.5 cm³/mol. The second-order valence-corrected chi connectivity index (χ2v) is 4.44. The SMILES string of the molecule is CCN1CCN(CCOc2ccccc2)CC1. The minimum Gasteiger partial charge on any atom is -0.492 e. The highest BCUT2D eigenvalue weighted by molar-refractivity contribution is 5.20. The first-order valence-electron chi connectivity index (χ1n) is 6.51. The molecule has 1 aliphatic heterocycles. The molecule has 0 aliphatic carbocycles. The van der Waals surface area contributed by atoms with Gasteiger partial charge >= 0.3 is 0 Å². The quantitative estimate of drug-likeness (QED) is 0.771. The van der Waals surface area contributed by atoms with Gasteiger partial charge in [0.1, 0.15) is 12.4 Å². The zero-order valence-corrected chi connectivity index (χ0v) is 10.6. The average molecular weight is 234 g/mol. The van der Waals surface area contributed by atoms with Gasteiger partial charge in [0, 0.05) is 32.7 Å². The smallest absolute Gasteiger partial charge is 0.119 e. The van der Waals surface area contributed by atoms with Gasteiger partial charge in [-0.2, -0.15) is 0 Å². The fraction of sp³-hybridized carbons (Fsp3) is 0.571. The van der Waals surface area contributed by atoms with Crippen LogP contribution in [0.15, 0.2) is 30.3 Å². The van der Waals surface area contributed by atoms with Gasteiger partial charge < -0.3 is 9.64 Å². The monoisotopic (exact) mass is 234 g/mol. The molecule has 0 spiro atoms. The molecule has 0 saturated carbocycles. The van der Waals surface area contributed by atoms with E-state index in [0.29, 0.717) is 0 Å². The molecule has 0 aromatic heterocycles. The van der Waals surface area contributed by atoms with E-state index in [1.807, 2.05) is 30.3 Å². The minimum atomic E-state index is 0.788. The van der Waals surface area contributed by atoms with Crippen LogP contribution in [-0.4, -0.2) is 55.7 Å². The first-order chi connectivity index (χ1) is 8.38. The molecule has 17 heavy (non-hydrogen) atoms. The first-order valence-corrected chi connectivity index (χ1v) is 6.51. The number of likely N-dealkylation sites (N-methyl/N-ethyl adjacent to an activating group) is 1. The van der Waals surface area contributed by atoms with Gasteiger partial charge in [0.15, 0.2) is 0 Å². The summed E-state index contributed by atoms with van der Waals surface area (Å²) >= 11 is 0. The summed E-state index contributed by atoms with van der Waals surface area (Å²) in [5, 5.41) is 0. The van der Waals surface area contributed by atoms with Gasteiger partial charge in [-0.1, -0.05) is 25.1 Å². The molecule has 2 rings (SSSR count). The maximum absolute atomic E-state index is 5.71. The Morgan fingerprint density at radius 1 is 1.00 bits per heavy atom. The fourth-order valence-corrected chi connectivity index (χ4v) is 2.14. The Labute approximate surface area is 104 Å². The summed E-state index contributed by atoms with van der Waals surface area (Å²) in [5.74, 6) is 0.972. The van der Waals surface area contributed by atoms with E-state index in [2.05, 4.69) is 16.7 Å². The Balaban J connectivity index is 1.63. The van der Waals surface area contributed by atoms with Crippen LogP contribution in [0, 0.1) is 0 Å². The zero-order valence-electron chi connectivity index (χ0n) is 10.6. The topological polar surface area (TPSA) is 15.7 Å². The molecule has 0 radical (unpaired) electrons. The lowest BCUT2D eigenvalue weighted by Gasteiger charge is -2.33. The second-order valence-electron chi connectivity index (χ2n) is 4.44. The van der Waals surface area contributed by atoms with Crippen LogP contribution in [0.4, 0.5) is 0 Å². The largest absolute Gasteiger partial charge is 0.492 e. The number of rotatable bonds is 5. The van der Waals surface area contributed by atoms with Gasteiger partial charge in [0.25, 0.3) is 0 Å². The molecule has 1 aromatic carbocycles. The highest BCUT2D eigenvalue weighted by Crippen LogP contribution is 2.08. The molecule has 3 nitrogen and oxygen atoms in total. The molecular weight excluding hydrogens is 212 g/mol. The maximum Gasteiger partial charge on any atom is 0.119 e. The van der Waals surface area contributed by atoms with E-state index < -0.39 is 0 Å². The Kier molecular flexibility index (Phi) is 4.83. The number of piperazine rings is 1. The lowest BCUT2D eigenvalue weighted by atomic mass is 10.3. The summed E-state index contributed by atoms with van der Waals surface area (Å²) in [6.45, 7) is 9.97. The third-order valence-corrected chi connectivity index (χ3v) is 3.33. The molecule has 1 aliphatic rings. The van der Waals surface area contributed by atoms with E-state index >= 15 is 0 Å². The fourth-order valence-electron chi connectivity index (χ4n) is 2.14. The second kappa shape index (κ2) is 6.62. The van der Waals surface area contributed by atoms with E-state index in [4.69, 9.17) is 4.74 Å². The Hall–Kier alpha value is -1.06. The van der Waals surface area contributed by atoms with Crippen LogP contribution in [0.5, 0.6) is 5.75 Å². The number of benzene rings is 1. The van der Waals surface area contributed by atoms with Gasteiger partial charge in [-0.3, -0.25) is 4.90 Å². The maximum atomic E-state index is 5.71. The number of hydrogen-bond acceptors (Lipinski definition) is 3. The van der Waals surface area contributed by atoms with E-state index in [1.54, 1.807) is 0 Å². The molecule has 0 amide bonds. The normalized spacial score (nSPS) is 18.2. The van der Waals surface area contributed by atoms with Gasteiger partial charge in [0.2, 0.25) is 0 Å².